The molecule has 0 aliphatic heterocycles. The van der Waals surface area contributed by atoms with Gasteiger partial charge in [0.15, 0.2) is 12.4 Å². The lowest BCUT2D eigenvalue weighted by molar-refractivity contribution is 1.03. The van der Waals surface area contributed by atoms with E-state index in [1.54, 1.807) is 29.2 Å². The van der Waals surface area contributed by atoms with Gasteiger partial charge >= 0.3 is 0 Å². The van der Waals surface area contributed by atoms with Crippen molar-refractivity contribution < 1.29 is 0 Å². The van der Waals surface area contributed by atoms with Gasteiger partial charge in [-0.3, -0.25) is 10.2 Å². The lowest BCUT2D eigenvalue weighted by atomic mass is 10.2. The fraction of sp³-hybridized carbons (Fsp3) is 0.200. The minimum absolute atomic E-state index is 0.640. The van der Waals surface area contributed by atoms with E-state index in [0.29, 0.717) is 6.54 Å². The van der Waals surface area contributed by atoms with E-state index in [1.165, 1.54) is 0 Å². The number of hydrogen-bond acceptors (Lipinski definition) is 4. The third-order valence-corrected chi connectivity index (χ3v) is 1.82. The van der Waals surface area contributed by atoms with Gasteiger partial charge in [-0.15, -0.1) is 0 Å². The molecule has 4 heteroatoms. The summed E-state index contributed by atoms with van der Waals surface area (Å²) in [5, 5.41) is 19.6. The smallest absolute Gasteiger partial charge is 0.184 e. The van der Waals surface area contributed by atoms with Crippen LogP contribution in [0.15, 0.2) is 24.3 Å². The number of anilines is 2. The van der Waals surface area contributed by atoms with Gasteiger partial charge in [-0.2, -0.15) is 10.5 Å². The average Bonchev–Trinajstić information content (AvgIpc) is 2.23. The predicted octanol–water partition coefficient (Wildman–Crippen LogP) is 1.89. The van der Waals surface area contributed by atoms with Crippen molar-refractivity contribution in [1.29, 1.82) is 10.5 Å². The number of rotatable bonds is 3. The van der Waals surface area contributed by atoms with Crippen LogP contribution in [0.3, 0.4) is 0 Å². The zero-order valence-corrected chi connectivity index (χ0v) is 7.86. The standard InChI is InChI=1S/C10H10N4/c1-2-14(8-12)10-5-3-9(4-6-10)13-7-11/h3-6,13H,2H2,1H3. The van der Waals surface area contributed by atoms with Crippen LogP contribution in [0.25, 0.3) is 0 Å². The third kappa shape index (κ3) is 2.15. The molecule has 1 N–H and O–H groups in total. The van der Waals surface area contributed by atoms with Crippen molar-refractivity contribution in [3.05, 3.63) is 24.3 Å². The van der Waals surface area contributed by atoms with Crippen LogP contribution in [-0.2, 0) is 0 Å². The normalized spacial score (nSPS) is 8.50. The molecule has 4 nitrogen and oxygen atoms in total. The van der Waals surface area contributed by atoms with Gasteiger partial charge in [0.1, 0.15) is 0 Å². The van der Waals surface area contributed by atoms with Gasteiger partial charge in [0.05, 0.1) is 5.69 Å². The summed E-state index contributed by atoms with van der Waals surface area (Å²) in [5.74, 6) is 0. The minimum atomic E-state index is 0.640. The van der Waals surface area contributed by atoms with E-state index < -0.39 is 0 Å². The fourth-order valence-electron chi connectivity index (χ4n) is 1.10. The first-order chi connectivity index (χ1) is 6.81. The Morgan fingerprint density at radius 1 is 1.29 bits per heavy atom. The van der Waals surface area contributed by atoms with E-state index in [4.69, 9.17) is 10.5 Å². The quantitative estimate of drug-likeness (QED) is 0.578. The molecule has 0 atom stereocenters. The number of nitrogens with one attached hydrogen (secondary N) is 1. The molecule has 70 valence electrons. The highest BCUT2D eigenvalue weighted by atomic mass is 15.1. The van der Waals surface area contributed by atoms with E-state index in [-0.39, 0.29) is 0 Å². The van der Waals surface area contributed by atoms with E-state index >= 15 is 0 Å². The van der Waals surface area contributed by atoms with Gasteiger partial charge in [0, 0.05) is 12.2 Å². The molecule has 0 aliphatic rings. The lowest BCUT2D eigenvalue weighted by Gasteiger charge is -2.12. The van der Waals surface area contributed by atoms with Crippen LogP contribution >= 0.6 is 0 Å². The van der Waals surface area contributed by atoms with Crippen molar-refractivity contribution in [3.63, 3.8) is 0 Å². The Morgan fingerprint density at radius 3 is 2.36 bits per heavy atom. The SMILES string of the molecule is CCN(C#N)c1ccc(NC#N)cc1. The lowest BCUT2D eigenvalue weighted by Crippen LogP contribution is -2.14. The number of benzene rings is 1. The summed E-state index contributed by atoms with van der Waals surface area (Å²) in [5.41, 5.74) is 1.56. The zero-order chi connectivity index (χ0) is 10.4. The summed E-state index contributed by atoms with van der Waals surface area (Å²) in [4.78, 5) is 1.57. The van der Waals surface area contributed by atoms with Gasteiger partial charge in [0.2, 0.25) is 0 Å². The Bertz CT molecular complexity index is 369. The Balaban J connectivity index is 2.84. The summed E-state index contributed by atoms with van der Waals surface area (Å²) in [6, 6.07) is 7.12. The molecule has 0 saturated carbocycles. The number of nitriles is 2. The van der Waals surface area contributed by atoms with Crippen molar-refractivity contribution in [2.24, 2.45) is 0 Å². The maximum atomic E-state index is 8.76. The second-order valence-corrected chi connectivity index (χ2v) is 2.63. The van der Waals surface area contributed by atoms with Gasteiger partial charge in [-0.1, -0.05) is 0 Å². The molecular formula is C10H10N4. The number of nitrogens with zero attached hydrogens (tertiary/aromatic N) is 3. The first-order valence-corrected chi connectivity index (χ1v) is 4.24. The molecule has 0 heterocycles. The summed E-state index contributed by atoms with van der Waals surface area (Å²) in [7, 11) is 0. The molecule has 0 aliphatic carbocycles. The maximum Gasteiger partial charge on any atom is 0.184 e. The van der Waals surface area contributed by atoms with Crippen LogP contribution in [0, 0.1) is 22.9 Å². The Labute approximate surface area is 83.0 Å². The van der Waals surface area contributed by atoms with E-state index in [0.717, 1.165) is 11.4 Å². The molecule has 0 amide bonds. The second kappa shape index (κ2) is 4.74. The topological polar surface area (TPSA) is 62.9 Å². The largest absolute Gasteiger partial charge is 0.293 e. The first-order valence-electron chi connectivity index (χ1n) is 4.24. The summed E-state index contributed by atoms with van der Waals surface area (Å²) >= 11 is 0. The highest BCUT2D eigenvalue weighted by Crippen LogP contribution is 2.16. The van der Waals surface area contributed by atoms with Crippen molar-refractivity contribution in [3.8, 4) is 12.4 Å². The predicted molar refractivity (Wildman–Crippen MR) is 54.3 cm³/mol. The van der Waals surface area contributed by atoms with Gasteiger partial charge in [-0.05, 0) is 31.2 Å². The molecule has 0 unspecified atom stereocenters. The second-order valence-electron chi connectivity index (χ2n) is 2.63. The summed E-state index contributed by atoms with van der Waals surface area (Å²) < 4.78 is 0. The minimum Gasteiger partial charge on any atom is -0.293 e. The van der Waals surface area contributed by atoms with E-state index in [9.17, 15) is 0 Å². The highest BCUT2D eigenvalue weighted by Gasteiger charge is 2.01. The third-order valence-electron chi connectivity index (χ3n) is 1.82. The molecule has 0 spiro atoms. The fourth-order valence-corrected chi connectivity index (χ4v) is 1.10. The average molecular weight is 186 g/mol. The molecule has 0 saturated heterocycles. The molecule has 1 aromatic rings. The van der Waals surface area contributed by atoms with Crippen molar-refractivity contribution in [2.75, 3.05) is 16.8 Å². The van der Waals surface area contributed by atoms with Crippen LogP contribution in [-0.4, -0.2) is 6.54 Å². The summed E-state index contributed by atoms with van der Waals surface area (Å²) in [6.07, 6.45) is 3.90. The van der Waals surface area contributed by atoms with Crippen LogP contribution in [0.1, 0.15) is 6.92 Å². The Morgan fingerprint density at radius 2 is 1.93 bits per heavy atom. The molecule has 1 aromatic carbocycles. The van der Waals surface area contributed by atoms with Crippen molar-refractivity contribution in [1.82, 2.24) is 0 Å². The summed E-state index contributed by atoms with van der Waals surface area (Å²) in [6.45, 7) is 2.55. The molecule has 1 rings (SSSR count). The Kier molecular flexibility index (Phi) is 3.34. The van der Waals surface area contributed by atoms with Crippen molar-refractivity contribution >= 4 is 11.4 Å². The van der Waals surface area contributed by atoms with Crippen LogP contribution in [0.4, 0.5) is 11.4 Å². The molecule has 0 bridgehead atoms. The Hall–Kier alpha value is -2.20. The monoisotopic (exact) mass is 186 g/mol. The van der Waals surface area contributed by atoms with Crippen molar-refractivity contribution in [2.45, 2.75) is 6.92 Å². The van der Waals surface area contributed by atoms with Gasteiger partial charge in [-0.25, -0.2) is 0 Å². The van der Waals surface area contributed by atoms with Crippen LogP contribution < -0.4 is 10.2 Å². The van der Waals surface area contributed by atoms with E-state index in [1.807, 2.05) is 13.1 Å². The zero-order valence-electron chi connectivity index (χ0n) is 7.86. The maximum absolute atomic E-state index is 8.76. The first kappa shape index (κ1) is 9.88. The molecule has 14 heavy (non-hydrogen) atoms. The van der Waals surface area contributed by atoms with Crippen LogP contribution in [0.5, 0.6) is 0 Å². The van der Waals surface area contributed by atoms with Gasteiger partial charge in [0.25, 0.3) is 0 Å². The van der Waals surface area contributed by atoms with E-state index in [2.05, 4.69) is 11.5 Å². The number of hydrogen-bond donors (Lipinski definition) is 1. The molecular weight excluding hydrogens is 176 g/mol. The van der Waals surface area contributed by atoms with Gasteiger partial charge < -0.3 is 0 Å². The molecule has 0 fully saturated rings. The molecule has 0 aromatic heterocycles. The highest BCUT2D eigenvalue weighted by molar-refractivity contribution is 5.58. The molecule has 0 radical (unpaired) electrons. The van der Waals surface area contributed by atoms with Crippen LogP contribution in [0.2, 0.25) is 0 Å².